The fourth-order valence-corrected chi connectivity index (χ4v) is 6.55. The maximum Gasteiger partial charge on any atom is 1.00 e. The van der Waals surface area contributed by atoms with Crippen molar-refractivity contribution in [3.05, 3.63) is 97.7 Å². The Morgan fingerprint density at radius 3 is 2.26 bits per heavy atom. The number of pyridine rings is 1. The van der Waals surface area contributed by atoms with E-state index < -0.39 is 65.1 Å². The van der Waals surface area contributed by atoms with Crippen molar-refractivity contribution in [2.75, 3.05) is 12.5 Å². The van der Waals surface area contributed by atoms with Crippen LogP contribution in [0.5, 0.6) is 0 Å². The SMILES string of the molecule is CC.CS[N-]c1nn(CC(F)(F)F)c2c(-c3ccc(C#CC(C)(C)S(C)=O)nc3C(Cc3cc(F)cc(F)c3)NC(=O)Cn3nc(C)c(C)c3CF)ccc(Cl)c12.[Na+]. The van der Waals surface area contributed by atoms with Crippen molar-refractivity contribution in [3.8, 4) is 23.0 Å². The van der Waals surface area contributed by atoms with E-state index in [4.69, 9.17) is 16.6 Å². The first-order chi connectivity index (χ1) is 26.8. The molecule has 306 valence electrons. The molecule has 2 atom stereocenters. The molecule has 0 saturated carbocycles. The number of carbonyl (C=O) groups excluding carboxylic acids is 1. The molecule has 0 aliphatic rings. The van der Waals surface area contributed by atoms with Crippen LogP contribution in [-0.4, -0.2) is 58.1 Å². The summed E-state index contributed by atoms with van der Waals surface area (Å²) in [4.78, 5) is 18.6. The van der Waals surface area contributed by atoms with Crippen molar-refractivity contribution in [2.24, 2.45) is 0 Å². The Labute approximate surface area is 367 Å². The molecule has 0 bridgehead atoms. The van der Waals surface area contributed by atoms with E-state index in [1.54, 1.807) is 34.0 Å². The Kier molecular flexibility index (Phi) is 17.4. The van der Waals surface area contributed by atoms with Crippen LogP contribution in [0, 0.1) is 37.3 Å². The zero-order chi connectivity index (χ0) is 42.4. The van der Waals surface area contributed by atoms with Crippen LogP contribution in [0.25, 0.3) is 26.8 Å². The summed E-state index contributed by atoms with van der Waals surface area (Å²) in [6, 6.07) is 7.58. The van der Waals surface area contributed by atoms with Crippen molar-refractivity contribution in [3.63, 3.8) is 0 Å². The first kappa shape index (κ1) is 48.8. The number of alkyl halides is 4. The molecule has 5 rings (SSSR count). The zero-order valence-corrected chi connectivity index (χ0v) is 37.8. The van der Waals surface area contributed by atoms with Gasteiger partial charge in [-0.3, -0.25) is 13.7 Å². The van der Waals surface area contributed by atoms with Gasteiger partial charge in [0.15, 0.2) is 0 Å². The maximum absolute atomic E-state index is 14.5. The third-order valence-electron chi connectivity index (χ3n) is 8.76. The van der Waals surface area contributed by atoms with Crippen LogP contribution in [0.4, 0.5) is 32.2 Å². The first-order valence-corrected chi connectivity index (χ1v) is 20.6. The van der Waals surface area contributed by atoms with Crippen molar-refractivity contribution in [1.82, 2.24) is 29.9 Å². The zero-order valence-electron chi connectivity index (χ0n) is 33.4. The number of aryl methyl sites for hydroxylation is 1. The Morgan fingerprint density at radius 1 is 1.03 bits per heavy atom. The number of halogens is 7. The summed E-state index contributed by atoms with van der Waals surface area (Å²) >= 11 is 7.54. The monoisotopic (exact) mass is 875 g/mol. The molecule has 2 unspecified atom stereocenters. The third kappa shape index (κ3) is 11.8. The van der Waals surface area contributed by atoms with Crippen LogP contribution in [0.3, 0.4) is 0 Å². The van der Waals surface area contributed by atoms with Gasteiger partial charge in [-0.1, -0.05) is 37.4 Å². The van der Waals surface area contributed by atoms with Crippen LogP contribution in [-0.2, 0) is 41.8 Å². The Balaban J connectivity index is 0.00000295. The molecule has 0 saturated heterocycles. The fraction of sp³-hybridized carbons (Fsp3) is 0.385. The van der Waals surface area contributed by atoms with E-state index in [1.807, 2.05) is 13.8 Å². The summed E-state index contributed by atoms with van der Waals surface area (Å²) in [7, 11) is -1.38. The Bertz CT molecular complexity index is 2340. The topological polar surface area (TPSA) is 109 Å². The van der Waals surface area contributed by atoms with Gasteiger partial charge in [-0.25, -0.2) is 18.2 Å². The molecule has 2 aromatic carbocycles. The smallest absolute Gasteiger partial charge is 0.408 e. The van der Waals surface area contributed by atoms with Crippen LogP contribution < -0.4 is 34.9 Å². The number of hydrogen-bond acceptors (Lipinski definition) is 6. The minimum absolute atomic E-state index is 0. The quantitative estimate of drug-likeness (QED) is 0.0640. The number of nitrogens with zero attached hydrogens (tertiary/aromatic N) is 6. The van der Waals surface area contributed by atoms with E-state index in [1.165, 1.54) is 35.2 Å². The largest absolute Gasteiger partial charge is 1.00 e. The number of carbonyl (C=O) groups is 1. The molecule has 0 spiro atoms. The van der Waals surface area contributed by atoms with E-state index in [-0.39, 0.29) is 91.5 Å². The predicted molar refractivity (Wildman–Crippen MR) is 214 cm³/mol. The van der Waals surface area contributed by atoms with E-state index in [9.17, 15) is 35.3 Å². The van der Waals surface area contributed by atoms with Crippen molar-refractivity contribution in [1.29, 1.82) is 0 Å². The molecule has 0 fully saturated rings. The molecule has 1 N–H and O–H groups in total. The van der Waals surface area contributed by atoms with Gasteiger partial charge < -0.3 is 19.8 Å². The van der Waals surface area contributed by atoms with Gasteiger partial charge in [0.2, 0.25) is 5.91 Å². The van der Waals surface area contributed by atoms with Crippen molar-refractivity contribution in [2.45, 2.75) is 84.7 Å². The van der Waals surface area contributed by atoms with Crippen molar-refractivity contribution >= 4 is 57.0 Å². The number of amides is 1. The number of rotatable bonds is 12. The number of hydrogen-bond donors (Lipinski definition) is 1. The molecule has 0 radical (unpaired) electrons. The van der Waals surface area contributed by atoms with Gasteiger partial charge in [0.05, 0.1) is 28.6 Å². The molecule has 0 aliphatic heterocycles. The molecule has 9 nitrogen and oxygen atoms in total. The number of nitrogens with one attached hydrogen (secondary N) is 1. The van der Waals surface area contributed by atoms with Gasteiger partial charge >= 0.3 is 35.7 Å². The minimum atomic E-state index is -4.71. The van der Waals surface area contributed by atoms with Gasteiger partial charge in [-0.15, -0.1) is 0 Å². The normalized spacial score (nSPS) is 12.5. The molecule has 58 heavy (non-hydrogen) atoms. The Hall–Kier alpha value is -3.53. The van der Waals surface area contributed by atoms with Gasteiger partial charge in [-0.2, -0.15) is 30.2 Å². The second kappa shape index (κ2) is 20.6. The van der Waals surface area contributed by atoms with Crippen molar-refractivity contribution < 1.29 is 64.9 Å². The summed E-state index contributed by atoms with van der Waals surface area (Å²) in [5.41, 5.74) is 1.85. The molecule has 0 aliphatic carbocycles. The van der Waals surface area contributed by atoms with Gasteiger partial charge in [0.1, 0.15) is 41.8 Å². The number of aromatic nitrogens is 5. The van der Waals surface area contributed by atoms with E-state index in [2.05, 4.69) is 32.1 Å². The van der Waals surface area contributed by atoms with Crippen LogP contribution >= 0.6 is 23.5 Å². The molecule has 3 aromatic heterocycles. The minimum Gasteiger partial charge on any atom is -0.408 e. The van der Waals surface area contributed by atoms with Crippen LogP contribution in [0.2, 0.25) is 5.02 Å². The molecule has 19 heteroatoms. The molecule has 3 heterocycles. The van der Waals surface area contributed by atoms with Crippen LogP contribution in [0.1, 0.15) is 67.6 Å². The molecular formula is C39H41ClF6N7NaO2S2. The van der Waals surface area contributed by atoms with Gasteiger partial charge in [-0.05, 0) is 93.6 Å². The fourth-order valence-electron chi connectivity index (χ4n) is 5.81. The number of benzene rings is 2. The second-order valence-electron chi connectivity index (χ2n) is 13.1. The van der Waals surface area contributed by atoms with Crippen LogP contribution in [0.15, 0.2) is 42.5 Å². The standard InChI is InChI=1S/C37H36ClF6N7O2S2.C2H6.Na/c1-20-21(2)47-50(30(20)17-39)18-31(52)46-29(15-22-13-23(40)16-24(41)14-22)33-26(8-7-25(45-33)11-12-36(3,4)55(6)53)27-9-10-28(38)32-34(27)51(19-37(42,43)44)48-35(32)49-54-5;1-2;/h7-10,13-14,16,29H,15,17-19H2,1-6H3,(H2,46,48,49,52);1-2H3;/q;;+1/p-1. The van der Waals surface area contributed by atoms with E-state index in [0.717, 1.165) is 28.8 Å². The summed E-state index contributed by atoms with van der Waals surface area (Å²) in [6.07, 6.45) is -1.87. The Morgan fingerprint density at radius 2 is 1.67 bits per heavy atom. The predicted octanol–water partition coefficient (Wildman–Crippen LogP) is 6.80. The third-order valence-corrected chi connectivity index (χ3v) is 11.0. The number of fused-ring (bicyclic) bond motifs is 1. The van der Waals surface area contributed by atoms with Gasteiger partial charge in [0.25, 0.3) is 0 Å². The van der Waals surface area contributed by atoms with E-state index >= 15 is 0 Å². The maximum atomic E-state index is 14.5. The average molecular weight is 876 g/mol. The van der Waals surface area contributed by atoms with Gasteiger partial charge in [0, 0.05) is 44.7 Å². The summed E-state index contributed by atoms with van der Waals surface area (Å²) in [5.74, 6) is 3.31. The average Bonchev–Trinajstić information content (AvgIpc) is 3.61. The summed E-state index contributed by atoms with van der Waals surface area (Å²) < 4.78 is 103. The first-order valence-electron chi connectivity index (χ1n) is 17.5. The van der Waals surface area contributed by atoms with E-state index in [0.29, 0.717) is 17.3 Å². The summed E-state index contributed by atoms with van der Waals surface area (Å²) in [5, 5.41) is 11.5. The summed E-state index contributed by atoms with van der Waals surface area (Å²) in [6.45, 7) is 7.81. The molecule has 1 amide bonds. The molecule has 5 aromatic rings. The second-order valence-corrected chi connectivity index (χ2v) is 16.0. The molecular weight excluding hydrogens is 835 g/mol.